The lowest BCUT2D eigenvalue weighted by atomic mass is 9.82. The van der Waals surface area contributed by atoms with E-state index in [9.17, 15) is 31.5 Å². The maximum absolute atomic E-state index is 13.0. The number of aliphatic carboxylic acids is 1. The van der Waals surface area contributed by atoms with Crippen LogP contribution in [0.4, 0.5) is 13.2 Å². The highest BCUT2D eigenvalue weighted by molar-refractivity contribution is 7.89. The maximum atomic E-state index is 13.0. The number of hydrogen-bond acceptors (Lipinski definition) is 5. The third-order valence-electron chi connectivity index (χ3n) is 7.21. The van der Waals surface area contributed by atoms with Gasteiger partial charge in [-0.25, -0.2) is 13.4 Å². The monoisotopic (exact) mass is 648 g/mol. The van der Waals surface area contributed by atoms with Gasteiger partial charge in [-0.2, -0.15) is 17.9 Å². The van der Waals surface area contributed by atoms with Gasteiger partial charge >= 0.3 is 12.1 Å². The van der Waals surface area contributed by atoms with E-state index in [1.54, 1.807) is 18.6 Å². The Hall–Kier alpha value is -2.18. The average molecular weight is 650 g/mol. The van der Waals surface area contributed by atoms with Crippen molar-refractivity contribution >= 4 is 50.5 Å². The first-order valence-electron chi connectivity index (χ1n) is 12.9. The molecule has 2 N–H and O–H groups in total. The number of nitrogens with zero attached hydrogens (tertiary/aromatic N) is 1. The second-order valence-electron chi connectivity index (χ2n) is 11.0. The van der Waals surface area contributed by atoms with Crippen molar-refractivity contribution in [3.63, 3.8) is 0 Å². The van der Waals surface area contributed by atoms with Crippen molar-refractivity contribution in [2.75, 3.05) is 0 Å². The van der Waals surface area contributed by atoms with Crippen LogP contribution in [0.25, 0.3) is 21.0 Å². The minimum atomic E-state index is -4.78. The summed E-state index contributed by atoms with van der Waals surface area (Å²) in [6, 6.07) is 7.75. The Kier molecular flexibility index (Phi) is 9.16. The lowest BCUT2D eigenvalue weighted by Crippen LogP contribution is -2.43. The first kappa shape index (κ1) is 31.7. The molecule has 1 atom stereocenters. The highest BCUT2D eigenvalue weighted by atomic mass is 35.5. The van der Waals surface area contributed by atoms with Gasteiger partial charge in [0.05, 0.1) is 26.0 Å². The van der Waals surface area contributed by atoms with Crippen molar-refractivity contribution in [2.24, 2.45) is 11.3 Å². The standard InChI is InChI=1S/C28H29Cl2F3N2O4S2/c1-15(28(31,32)33)35-41(38,39)21-11-10-19(22(29)23(21)30)24-20(13-16-6-4-7-16)34-25(40-24)18-9-5-8-17(12-18)14-27(2,3)26(36)37/h5,8-12,15-16,35H,4,6-7,13-14H2,1-3H3,(H,36,37)/t15-/m0/s1. The summed E-state index contributed by atoms with van der Waals surface area (Å²) in [4.78, 5) is 16.7. The summed E-state index contributed by atoms with van der Waals surface area (Å²) in [6.45, 7) is 4.02. The predicted molar refractivity (Wildman–Crippen MR) is 155 cm³/mol. The summed E-state index contributed by atoms with van der Waals surface area (Å²) in [7, 11) is -4.62. The van der Waals surface area contributed by atoms with Gasteiger partial charge < -0.3 is 5.11 Å². The highest BCUT2D eigenvalue weighted by Gasteiger charge is 2.39. The zero-order valence-corrected chi connectivity index (χ0v) is 25.6. The van der Waals surface area contributed by atoms with Crippen molar-refractivity contribution in [2.45, 2.75) is 70.0 Å². The number of halogens is 5. The number of carboxylic acid groups (broad SMARTS) is 1. The summed E-state index contributed by atoms with van der Waals surface area (Å²) >= 11 is 14.3. The van der Waals surface area contributed by atoms with Gasteiger partial charge in [-0.15, -0.1) is 11.3 Å². The minimum absolute atomic E-state index is 0.101. The number of carboxylic acids is 1. The molecule has 1 heterocycles. The number of benzene rings is 2. The van der Waals surface area contributed by atoms with Crippen LogP contribution < -0.4 is 4.72 Å². The Morgan fingerprint density at radius 2 is 1.85 bits per heavy atom. The third-order valence-corrected chi connectivity index (χ3v) is 11.0. The molecule has 0 saturated heterocycles. The Bertz CT molecular complexity index is 1570. The quantitative estimate of drug-likeness (QED) is 0.232. The van der Waals surface area contributed by atoms with E-state index < -0.39 is 38.5 Å². The lowest BCUT2D eigenvalue weighted by Gasteiger charge is -2.24. The number of carbonyl (C=O) groups is 1. The number of hydrogen-bond donors (Lipinski definition) is 2. The van der Waals surface area contributed by atoms with E-state index in [0.29, 0.717) is 41.1 Å². The molecule has 3 aromatic rings. The maximum Gasteiger partial charge on any atom is 0.404 e. The van der Waals surface area contributed by atoms with Crippen LogP contribution in [0.5, 0.6) is 0 Å². The van der Waals surface area contributed by atoms with Gasteiger partial charge in [0.15, 0.2) is 0 Å². The second-order valence-corrected chi connectivity index (χ2v) is 14.4. The predicted octanol–water partition coefficient (Wildman–Crippen LogP) is 8.01. The smallest absolute Gasteiger partial charge is 0.404 e. The van der Waals surface area contributed by atoms with E-state index in [-0.39, 0.29) is 10.0 Å². The molecule has 0 aliphatic heterocycles. The van der Waals surface area contributed by atoms with Crippen LogP contribution in [0.1, 0.15) is 51.3 Å². The fourth-order valence-corrected chi connectivity index (χ4v) is 7.75. The molecule has 1 fully saturated rings. The van der Waals surface area contributed by atoms with Crippen molar-refractivity contribution in [1.29, 1.82) is 0 Å². The lowest BCUT2D eigenvalue weighted by molar-refractivity contribution is -0.147. The van der Waals surface area contributed by atoms with E-state index in [4.69, 9.17) is 28.2 Å². The molecule has 0 spiro atoms. The molecule has 41 heavy (non-hydrogen) atoms. The minimum Gasteiger partial charge on any atom is -0.481 e. The van der Waals surface area contributed by atoms with E-state index >= 15 is 0 Å². The Morgan fingerprint density at radius 1 is 1.17 bits per heavy atom. The SMILES string of the molecule is C[C@H](NS(=O)(=O)c1ccc(-c2sc(-c3cccc(CC(C)(C)C(=O)O)c3)nc2CC2CCC2)c(Cl)c1Cl)C(F)(F)F. The molecular formula is C28H29Cl2F3N2O4S2. The molecule has 6 nitrogen and oxygen atoms in total. The molecule has 1 aliphatic carbocycles. The fourth-order valence-electron chi connectivity index (χ4n) is 4.47. The van der Waals surface area contributed by atoms with Crippen molar-refractivity contribution in [3.05, 3.63) is 57.7 Å². The summed E-state index contributed by atoms with van der Waals surface area (Å²) in [5.41, 5.74) is 1.87. The summed E-state index contributed by atoms with van der Waals surface area (Å²) in [6.07, 6.45) is -0.542. The van der Waals surface area contributed by atoms with Crippen molar-refractivity contribution in [3.8, 4) is 21.0 Å². The van der Waals surface area contributed by atoms with Crippen LogP contribution in [-0.2, 0) is 27.7 Å². The Morgan fingerprint density at radius 3 is 2.44 bits per heavy atom. The van der Waals surface area contributed by atoms with Crippen LogP contribution in [0.15, 0.2) is 41.3 Å². The van der Waals surface area contributed by atoms with Crippen LogP contribution in [0.3, 0.4) is 0 Å². The molecule has 1 saturated carbocycles. The zero-order chi connectivity index (χ0) is 30.3. The van der Waals surface area contributed by atoms with Gasteiger partial charge in [0.2, 0.25) is 10.0 Å². The molecule has 0 unspecified atom stereocenters. The number of aromatic nitrogens is 1. The topological polar surface area (TPSA) is 96.4 Å². The van der Waals surface area contributed by atoms with Gasteiger partial charge in [0, 0.05) is 11.1 Å². The summed E-state index contributed by atoms with van der Waals surface area (Å²) in [5.74, 6) is -0.462. The highest BCUT2D eigenvalue weighted by Crippen LogP contribution is 2.45. The van der Waals surface area contributed by atoms with E-state index in [0.717, 1.165) is 42.1 Å². The normalized spacial score (nSPS) is 15.5. The Labute approximate surface area is 251 Å². The van der Waals surface area contributed by atoms with Crippen molar-refractivity contribution < 1.29 is 31.5 Å². The van der Waals surface area contributed by atoms with E-state index in [1.165, 1.54) is 17.4 Å². The van der Waals surface area contributed by atoms with Crippen LogP contribution in [-0.4, -0.2) is 36.7 Å². The van der Waals surface area contributed by atoms with E-state index in [1.807, 2.05) is 24.3 Å². The molecule has 222 valence electrons. The van der Waals surface area contributed by atoms with Gasteiger partial charge in [-0.05, 0) is 57.2 Å². The van der Waals surface area contributed by atoms with Crippen LogP contribution in [0, 0.1) is 11.3 Å². The van der Waals surface area contributed by atoms with Gasteiger partial charge in [0.25, 0.3) is 0 Å². The number of alkyl halides is 3. The van der Waals surface area contributed by atoms with Gasteiger partial charge in [-0.1, -0.05) is 66.7 Å². The molecule has 0 bridgehead atoms. The largest absolute Gasteiger partial charge is 0.481 e. The zero-order valence-electron chi connectivity index (χ0n) is 22.5. The first-order valence-corrected chi connectivity index (χ1v) is 15.9. The molecule has 4 rings (SSSR count). The van der Waals surface area contributed by atoms with Gasteiger partial charge in [0.1, 0.15) is 15.9 Å². The molecule has 2 aromatic carbocycles. The fraction of sp³-hybridized carbons (Fsp3) is 0.429. The molecule has 0 radical (unpaired) electrons. The number of thiazole rings is 1. The first-order chi connectivity index (χ1) is 19.0. The molecule has 0 amide bonds. The van der Waals surface area contributed by atoms with E-state index in [2.05, 4.69) is 0 Å². The average Bonchev–Trinajstić information content (AvgIpc) is 3.25. The van der Waals surface area contributed by atoms with Crippen LogP contribution in [0.2, 0.25) is 10.0 Å². The summed E-state index contributed by atoms with van der Waals surface area (Å²) < 4.78 is 66.1. The Balaban J connectivity index is 1.74. The molecule has 13 heteroatoms. The van der Waals surface area contributed by atoms with Gasteiger partial charge in [-0.3, -0.25) is 4.79 Å². The summed E-state index contributed by atoms with van der Waals surface area (Å²) in [5, 5.41) is 9.73. The molecular weight excluding hydrogens is 620 g/mol. The number of nitrogens with one attached hydrogen (secondary N) is 1. The number of rotatable bonds is 10. The number of sulfonamides is 1. The molecule has 1 aromatic heterocycles. The van der Waals surface area contributed by atoms with Crippen LogP contribution >= 0.6 is 34.5 Å². The van der Waals surface area contributed by atoms with Crippen molar-refractivity contribution in [1.82, 2.24) is 9.71 Å². The third kappa shape index (κ3) is 7.07. The second kappa shape index (κ2) is 11.8. The molecule has 1 aliphatic rings.